The maximum atomic E-state index is 6.02. The normalized spacial score (nSPS) is 19.6. The first kappa shape index (κ1) is 15.4. The van der Waals surface area contributed by atoms with Crippen LogP contribution in [-0.2, 0) is 4.74 Å². The van der Waals surface area contributed by atoms with Crippen molar-refractivity contribution in [2.24, 2.45) is 0 Å². The second-order valence-corrected chi connectivity index (χ2v) is 6.40. The molecule has 1 aliphatic rings. The molecule has 3 nitrogen and oxygen atoms in total. The second kappa shape index (κ2) is 7.68. The van der Waals surface area contributed by atoms with E-state index in [2.05, 4.69) is 35.6 Å². The van der Waals surface area contributed by atoms with Crippen LogP contribution in [0.15, 0.2) is 59.5 Å². The molecule has 2 aromatic carbocycles. The highest BCUT2D eigenvalue weighted by atomic mass is 32.2. The molecule has 0 radical (unpaired) electrons. The van der Waals surface area contributed by atoms with Gasteiger partial charge in [0.2, 0.25) is 0 Å². The van der Waals surface area contributed by atoms with Gasteiger partial charge in [0.15, 0.2) is 0 Å². The number of benzene rings is 2. The summed E-state index contributed by atoms with van der Waals surface area (Å²) in [6.45, 7) is 2.57. The summed E-state index contributed by atoms with van der Waals surface area (Å²) in [6, 6.07) is 18.7. The average molecular weight is 315 g/mol. The topological polar surface area (TPSA) is 30.5 Å². The molecular formula is C18H21NO2S. The van der Waals surface area contributed by atoms with Crippen LogP contribution in [0.1, 0.15) is 10.8 Å². The van der Waals surface area contributed by atoms with E-state index >= 15 is 0 Å². The Kier molecular flexibility index (Phi) is 5.38. The molecular weight excluding hydrogens is 294 g/mol. The summed E-state index contributed by atoms with van der Waals surface area (Å²) < 4.78 is 11.5. The molecule has 4 heteroatoms. The molecule has 22 heavy (non-hydrogen) atoms. The van der Waals surface area contributed by atoms with Gasteiger partial charge in [0.1, 0.15) is 5.75 Å². The summed E-state index contributed by atoms with van der Waals surface area (Å²) in [5.74, 6) is 0.914. The van der Waals surface area contributed by atoms with Crippen molar-refractivity contribution >= 4 is 11.8 Å². The van der Waals surface area contributed by atoms with Crippen LogP contribution < -0.4 is 10.1 Å². The van der Waals surface area contributed by atoms with E-state index in [0.29, 0.717) is 0 Å². The fraction of sp³-hybridized carbons (Fsp3) is 0.333. The lowest BCUT2D eigenvalue weighted by molar-refractivity contribution is 0.0273. The maximum absolute atomic E-state index is 6.02. The number of ether oxygens (including phenoxy) is 2. The summed E-state index contributed by atoms with van der Waals surface area (Å²) in [5, 5.41) is 3.67. The summed E-state index contributed by atoms with van der Waals surface area (Å²) in [5.41, 5.74) is 1.28. The van der Waals surface area contributed by atoms with E-state index in [1.54, 1.807) is 7.11 Å². The second-order valence-electron chi connectivity index (χ2n) is 5.21. The molecule has 1 N–H and O–H groups in total. The molecule has 3 rings (SSSR count). The molecule has 1 heterocycles. The van der Waals surface area contributed by atoms with Gasteiger partial charge in [-0.05, 0) is 17.7 Å². The Balaban J connectivity index is 1.88. The van der Waals surface area contributed by atoms with Crippen molar-refractivity contribution in [1.82, 2.24) is 5.32 Å². The highest BCUT2D eigenvalue weighted by molar-refractivity contribution is 7.99. The molecule has 116 valence electrons. The van der Waals surface area contributed by atoms with Crippen molar-refractivity contribution in [2.45, 2.75) is 16.2 Å². The van der Waals surface area contributed by atoms with Gasteiger partial charge in [-0.25, -0.2) is 0 Å². The van der Waals surface area contributed by atoms with E-state index in [0.717, 1.165) is 30.3 Å². The zero-order valence-electron chi connectivity index (χ0n) is 12.7. The smallest absolute Gasteiger partial charge is 0.132 e. The average Bonchev–Trinajstić information content (AvgIpc) is 2.61. The molecule has 1 fully saturated rings. The van der Waals surface area contributed by atoms with E-state index in [4.69, 9.17) is 9.47 Å². The molecule has 1 saturated heterocycles. The van der Waals surface area contributed by atoms with Gasteiger partial charge in [-0.15, -0.1) is 11.8 Å². The highest BCUT2D eigenvalue weighted by Crippen LogP contribution is 2.42. The van der Waals surface area contributed by atoms with Gasteiger partial charge in [0.25, 0.3) is 0 Å². The fourth-order valence-electron chi connectivity index (χ4n) is 2.63. The third-order valence-electron chi connectivity index (χ3n) is 3.75. The van der Waals surface area contributed by atoms with E-state index < -0.39 is 0 Å². The first-order valence-electron chi connectivity index (χ1n) is 7.55. The van der Waals surface area contributed by atoms with Gasteiger partial charge >= 0.3 is 0 Å². The van der Waals surface area contributed by atoms with Crippen LogP contribution in [0.2, 0.25) is 0 Å². The number of hydrogen-bond acceptors (Lipinski definition) is 4. The van der Waals surface area contributed by atoms with Crippen LogP contribution in [-0.4, -0.2) is 32.9 Å². The summed E-state index contributed by atoms with van der Waals surface area (Å²) in [7, 11) is 1.72. The van der Waals surface area contributed by atoms with Crippen molar-refractivity contribution in [3.05, 3.63) is 60.2 Å². The van der Waals surface area contributed by atoms with Gasteiger partial charge in [0, 0.05) is 13.1 Å². The first-order valence-corrected chi connectivity index (χ1v) is 8.43. The Hall–Kier alpha value is -1.49. The van der Waals surface area contributed by atoms with Crippen molar-refractivity contribution < 1.29 is 9.47 Å². The zero-order chi connectivity index (χ0) is 15.2. The molecule has 0 saturated carbocycles. The van der Waals surface area contributed by atoms with Gasteiger partial charge in [-0.1, -0.05) is 42.5 Å². The van der Waals surface area contributed by atoms with Crippen LogP contribution in [0.4, 0.5) is 0 Å². The van der Waals surface area contributed by atoms with E-state index in [9.17, 15) is 0 Å². The standard InChI is InChI=1S/C18H21NO2S/c1-20-15-9-5-6-10-17(15)22-18(14-7-3-2-4-8-14)16-13-19-11-12-21-16/h2-10,16,18-19H,11-13H2,1H3/t16-,18-/m0/s1. The predicted octanol–water partition coefficient (Wildman–Crippen LogP) is 3.52. The van der Waals surface area contributed by atoms with E-state index in [1.165, 1.54) is 5.56 Å². The number of rotatable bonds is 5. The van der Waals surface area contributed by atoms with Crippen LogP contribution >= 0.6 is 11.8 Å². The lowest BCUT2D eigenvalue weighted by Gasteiger charge is -2.31. The summed E-state index contributed by atoms with van der Waals surface area (Å²) in [4.78, 5) is 1.15. The molecule has 0 amide bonds. The Labute approximate surface area is 136 Å². The quantitative estimate of drug-likeness (QED) is 0.855. The zero-order valence-corrected chi connectivity index (χ0v) is 13.5. The van der Waals surface area contributed by atoms with Crippen LogP contribution in [0.3, 0.4) is 0 Å². The summed E-state index contributed by atoms with van der Waals surface area (Å²) >= 11 is 1.81. The van der Waals surface area contributed by atoms with Crippen molar-refractivity contribution in [1.29, 1.82) is 0 Å². The molecule has 0 unspecified atom stereocenters. The van der Waals surface area contributed by atoms with Crippen molar-refractivity contribution in [3.63, 3.8) is 0 Å². The lowest BCUT2D eigenvalue weighted by atomic mass is 10.1. The monoisotopic (exact) mass is 315 g/mol. The number of para-hydroxylation sites is 1. The first-order chi connectivity index (χ1) is 10.9. The lowest BCUT2D eigenvalue weighted by Crippen LogP contribution is -2.41. The number of hydrogen-bond donors (Lipinski definition) is 1. The Bertz CT molecular complexity index is 585. The minimum Gasteiger partial charge on any atom is -0.496 e. The third-order valence-corrected chi connectivity index (χ3v) is 5.17. The van der Waals surface area contributed by atoms with Gasteiger partial charge in [-0.3, -0.25) is 0 Å². The van der Waals surface area contributed by atoms with E-state index in [-0.39, 0.29) is 11.4 Å². The van der Waals surface area contributed by atoms with E-state index in [1.807, 2.05) is 36.0 Å². The molecule has 1 aliphatic heterocycles. The van der Waals surface area contributed by atoms with Gasteiger partial charge in [0.05, 0.1) is 30.0 Å². The Morgan fingerprint density at radius 3 is 2.64 bits per heavy atom. The van der Waals surface area contributed by atoms with Gasteiger partial charge in [-0.2, -0.15) is 0 Å². The molecule has 0 aliphatic carbocycles. The number of nitrogens with one attached hydrogen (secondary N) is 1. The molecule has 0 bridgehead atoms. The highest BCUT2D eigenvalue weighted by Gasteiger charge is 2.27. The van der Waals surface area contributed by atoms with Crippen molar-refractivity contribution in [2.75, 3.05) is 26.8 Å². The molecule has 0 aromatic heterocycles. The number of morpholine rings is 1. The Morgan fingerprint density at radius 1 is 1.14 bits per heavy atom. The van der Waals surface area contributed by atoms with Crippen molar-refractivity contribution in [3.8, 4) is 5.75 Å². The molecule has 0 spiro atoms. The van der Waals surface area contributed by atoms with Gasteiger partial charge < -0.3 is 14.8 Å². The van der Waals surface area contributed by atoms with Crippen LogP contribution in [0.5, 0.6) is 5.75 Å². The largest absolute Gasteiger partial charge is 0.496 e. The SMILES string of the molecule is COc1ccccc1S[C@@H](c1ccccc1)[C@@H]1CNCCO1. The number of thioether (sulfide) groups is 1. The molecule has 2 atom stereocenters. The Morgan fingerprint density at radius 2 is 1.91 bits per heavy atom. The van der Waals surface area contributed by atoms with Crippen LogP contribution in [0.25, 0.3) is 0 Å². The minimum absolute atomic E-state index is 0.158. The molecule has 2 aromatic rings. The van der Waals surface area contributed by atoms with Crippen LogP contribution in [0, 0.1) is 0 Å². The summed E-state index contributed by atoms with van der Waals surface area (Å²) in [6.07, 6.45) is 0.158. The fourth-order valence-corrected chi connectivity index (χ4v) is 3.95. The number of methoxy groups -OCH3 is 1. The maximum Gasteiger partial charge on any atom is 0.132 e. The predicted molar refractivity (Wildman–Crippen MR) is 90.6 cm³/mol. The minimum atomic E-state index is 0.158. The third kappa shape index (κ3) is 3.64.